The maximum absolute atomic E-state index is 15.0. The monoisotopic (exact) mass is 505 g/mol. The van der Waals surface area contributed by atoms with Gasteiger partial charge in [-0.15, -0.1) is 0 Å². The number of urea groups is 1. The number of fused-ring (bicyclic) bond motifs is 3. The minimum absolute atomic E-state index is 0.135. The fourth-order valence-electron chi connectivity index (χ4n) is 7.78. The van der Waals surface area contributed by atoms with Gasteiger partial charge in [0.1, 0.15) is 11.6 Å². The van der Waals surface area contributed by atoms with Gasteiger partial charge in [-0.25, -0.2) is 23.6 Å². The van der Waals surface area contributed by atoms with E-state index < -0.39 is 6.10 Å². The van der Waals surface area contributed by atoms with Gasteiger partial charge in [0.05, 0.1) is 30.4 Å². The van der Waals surface area contributed by atoms with Crippen LogP contribution in [0.1, 0.15) is 50.1 Å². The van der Waals surface area contributed by atoms with Crippen LogP contribution in [0, 0.1) is 23.0 Å². The largest absolute Gasteiger partial charge is 0.392 e. The molecule has 8 rings (SSSR count). The van der Waals surface area contributed by atoms with Crippen LogP contribution in [-0.2, 0) is 0 Å². The SMILES string of the molecule is O=C(Nc1ccc(F)cc1)NN1C2CC3CC1CC(C(O)CC1c4c(F)cccc4-c4cncn41)(C3)C2. The van der Waals surface area contributed by atoms with Gasteiger partial charge in [0.2, 0.25) is 0 Å². The Bertz CT molecular complexity index is 1340. The maximum atomic E-state index is 15.0. The lowest BCUT2D eigenvalue weighted by atomic mass is 9.53. The zero-order valence-electron chi connectivity index (χ0n) is 20.3. The molecule has 9 heteroatoms. The maximum Gasteiger partial charge on any atom is 0.333 e. The molecule has 2 amide bonds. The normalized spacial score (nSPS) is 30.1. The van der Waals surface area contributed by atoms with Crippen molar-refractivity contribution in [3.8, 4) is 11.3 Å². The third-order valence-electron chi connectivity index (χ3n) is 9.13. The fraction of sp³-hybridized carbons (Fsp3) is 0.429. The average Bonchev–Trinajstić information content (AvgIpc) is 3.46. The number of halogens is 2. The molecule has 4 heterocycles. The summed E-state index contributed by atoms with van der Waals surface area (Å²) in [6.45, 7) is 0. The molecule has 2 saturated carbocycles. The van der Waals surface area contributed by atoms with E-state index in [1.165, 1.54) is 30.3 Å². The van der Waals surface area contributed by atoms with E-state index in [-0.39, 0.29) is 41.2 Å². The zero-order chi connectivity index (χ0) is 25.3. The van der Waals surface area contributed by atoms with Gasteiger partial charge < -0.3 is 15.0 Å². The molecule has 0 spiro atoms. The fourth-order valence-corrected chi connectivity index (χ4v) is 7.78. The molecular weight excluding hydrogens is 476 g/mol. The summed E-state index contributed by atoms with van der Waals surface area (Å²) in [4.78, 5) is 17.0. The zero-order valence-corrected chi connectivity index (χ0v) is 20.3. The van der Waals surface area contributed by atoms with Crippen molar-refractivity contribution in [2.24, 2.45) is 11.3 Å². The first-order valence-corrected chi connectivity index (χ1v) is 13.0. The van der Waals surface area contributed by atoms with Crippen molar-refractivity contribution in [3.63, 3.8) is 0 Å². The number of hydrogen-bond donors (Lipinski definition) is 3. The molecule has 0 radical (unpaired) electrons. The number of piperidine rings is 2. The van der Waals surface area contributed by atoms with E-state index in [0.717, 1.165) is 43.4 Å². The smallest absolute Gasteiger partial charge is 0.333 e. The topological polar surface area (TPSA) is 82.4 Å². The highest BCUT2D eigenvalue weighted by Gasteiger charge is 2.58. The Balaban J connectivity index is 1.08. The first-order valence-electron chi connectivity index (χ1n) is 13.0. The number of nitrogens with one attached hydrogen (secondary N) is 2. The summed E-state index contributed by atoms with van der Waals surface area (Å²) in [5.74, 6) is -0.0964. The van der Waals surface area contributed by atoms with Crippen LogP contribution in [0.25, 0.3) is 11.3 Å². The molecule has 2 aromatic carbocycles. The Hall–Kier alpha value is -3.30. The second kappa shape index (κ2) is 8.36. The number of rotatable bonds is 5. The molecule has 7 nitrogen and oxygen atoms in total. The van der Waals surface area contributed by atoms with Gasteiger partial charge in [-0.1, -0.05) is 12.1 Å². The summed E-state index contributed by atoms with van der Waals surface area (Å²) >= 11 is 0. The summed E-state index contributed by atoms with van der Waals surface area (Å²) in [6.07, 6.45) is 7.82. The molecular formula is C28H29F2N5O2. The molecule has 4 fully saturated rings. The van der Waals surface area contributed by atoms with E-state index in [9.17, 15) is 18.7 Å². The summed E-state index contributed by atoms with van der Waals surface area (Å²) in [5, 5.41) is 16.6. The number of carbonyl (C=O) groups is 1. The highest BCUT2D eigenvalue weighted by atomic mass is 19.1. The Morgan fingerprint density at radius 1 is 1.11 bits per heavy atom. The van der Waals surface area contributed by atoms with Gasteiger partial charge in [0.25, 0.3) is 0 Å². The number of hydrazine groups is 1. The van der Waals surface area contributed by atoms with Crippen LogP contribution in [0.5, 0.6) is 0 Å². The van der Waals surface area contributed by atoms with E-state index in [2.05, 4.69) is 20.7 Å². The lowest BCUT2D eigenvalue weighted by Gasteiger charge is -2.62. The number of nitrogens with zero attached hydrogens (tertiary/aromatic N) is 3. The molecule has 192 valence electrons. The Morgan fingerprint density at radius 2 is 1.86 bits per heavy atom. The molecule has 5 aliphatic rings. The molecule has 3 aliphatic heterocycles. The summed E-state index contributed by atoms with van der Waals surface area (Å²) < 4.78 is 30.1. The minimum atomic E-state index is -0.596. The van der Waals surface area contributed by atoms with Gasteiger partial charge in [0.15, 0.2) is 0 Å². The number of benzene rings is 2. The standard InChI is InChI=1S/C28H29F2N5O2/c29-17-4-6-18(7-5-17)32-27(37)33-35-19-8-16-9-20(35)13-28(11-16,12-19)25(36)10-23-26-21(2-1-3-22(26)30)24-14-31-15-34(23)24/h1-7,14-16,19-20,23,25,36H,8-13H2,(H2,32,33,37). The van der Waals surface area contributed by atoms with Crippen LogP contribution >= 0.6 is 0 Å². The quantitative estimate of drug-likeness (QED) is 0.463. The molecule has 4 unspecified atom stereocenters. The van der Waals surface area contributed by atoms with Crippen molar-refractivity contribution in [3.05, 3.63) is 72.2 Å². The predicted molar refractivity (Wildman–Crippen MR) is 133 cm³/mol. The molecule has 3 N–H and O–H groups in total. The Kier molecular flexibility index (Phi) is 5.17. The van der Waals surface area contributed by atoms with Crippen LogP contribution < -0.4 is 10.7 Å². The second-order valence-corrected chi connectivity index (χ2v) is 11.3. The van der Waals surface area contributed by atoms with Gasteiger partial charge in [-0.3, -0.25) is 5.43 Å². The number of imidazole rings is 1. The van der Waals surface area contributed by atoms with Crippen LogP contribution in [0.4, 0.5) is 19.3 Å². The molecule has 2 aliphatic carbocycles. The highest BCUT2D eigenvalue weighted by Crippen LogP contribution is 2.58. The third kappa shape index (κ3) is 3.67. The minimum Gasteiger partial charge on any atom is -0.392 e. The number of aromatic nitrogens is 2. The van der Waals surface area contributed by atoms with Crippen molar-refractivity contribution >= 4 is 11.7 Å². The number of aliphatic hydroxyl groups is 1. The van der Waals surface area contributed by atoms with Gasteiger partial charge >= 0.3 is 6.03 Å². The van der Waals surface area contributed by atoms with E-state index in [1.54, 1.807) is 18.6 Å². The van der Waals surface area contributed by atoms with Crippen LogP contribution in [0.2, 0.25) is 0 Å². The van der Waals surface area contributed by atoms with Crippen LogP contribution in [0.15, 0.2) is 55.0 Å². The molecule has 1 aromatic heterocycles. The number of hydrogen-bond acceptors (Lipinski definition) is 4. The van der Waals surface area contributed by atoms with E-state index in [4.69, 9.17) is 0 Å². The number of amides is 2. The van der Waals surface area contributed by atoms with Crippen LogP contribution in [-0.4, -0.2) is 43.9 Å². The van der Waals surface area contributed by atoms with Crippen molar-refractivity contribution in [1.82, 2.24) is 20.0 Å². The summed E-state index contributed by atoms with van der Waals surface area (Å²) in [6, 6.07) is 10.4. The second-order valence-electron chi connectivity index (χ2n) is 11.3. The van der Waals surface area contributed by atoms with Gasteiger partial charge in [0, 0.05) is 28.9 Å². The summed E-state index contributed by atoms with van der Waals surface area (Å²) in [7, 11) is 0. The molecule has 3 aromatic rings. The van der Waals surface area contributed by atoms with Gasteiger partial charge in [-0.2, -0.15) is 0 Å². The lowest BCUT2D eigenvalue weighted by molar-refractivity contribution is -0.166. The average molecular weight is 506 g/mol. The number of anilines is 1. The Labute approximate surface area is 213 Å². The highest BCUT2D eigenvalue weighted by molar-refractivity contribution is 5.88. The summed E-state index contributed by atoms with van der Waals surface area (Å²) in [5.41, 5.74) is 5.69. The Morgan fingerprint density at radius 3 is 2.62 bits per heavy atom. The first kappa shape index (κ1) is 22.9. The van der Waals surface area contributed by atoms with E-state index >= 15 is 0 Å². The number of aliphatic hydroxyl groups excluding tert-OH is 1. The molecule has 4 bridgehead atoms. The van der Waals surface area contributed by atoms with E-state index in [0.29, 0.717) is 23.6 Å². The predicted octanol–water partition coefficient (Wildman–Crippen LogP) is 4.85. The van der Waals surface area contributed by atoms with Crippen molar-refractivity contribution in [2.75, 3.05) is 5.32 Å². The van der Waals surface area contributed by atoms with Crippen LogP contribution in [0.3, 0.4) is 0 Å². The molecule has 37 heavy (non-hydrogen) atoms. The van der Waals surface area contributed by atoms with Gasteiger partial charge in [-0.05, 0) is 80.2 Å². The third-order valence-corrected chi connectivity index (χ3v) is 9.13. The van der Waals surface area contributed by atoms with Crippen molar-refractivity contribution < 1.29 is 18.7 Å². The molecule has 4 atom stereocenters. The number of carbonyl (C=O) groups excluding carboxylic acids is 1. The van der Waals surface area contributed by atoms with Crippen molar-refractivity contribution in [1.29, 1.82) is 0 Å². The lowest BCUT2D eigenvalue weighted by Crippen LogP contribution is -2.68. The molecule has 2 saturated heterocycles. The van der Waals surface area contributed by atoms with E-state index in [1.807, 2.05) is 10.6 Å². The first-order chi connectivity index (χ1) is 17.9. The van der Waals surface area contributed by atoms with Crippen molar-refractivity contribution in [2.45, 2.75) is 62.8 Å².